The summed E-state index contributed by atoms with van der Waals surface area (Å²) in [6.07, 6.45) is 4.95. The van der Waals surface area contributed by atoms with Gasteiger partial charge in [0, 0.05) is 5.71 Å². The molecular formula is C15H18BrNO. The fourth-order valence-corrected chi connectivity index (χ4v) is 1.86. The van der Waals surface area contributed by atoms with Gasteiger partial charge in [-0.05, 0) is 65.5 Å². The van der Waals surface area contributed by atoms with Crippen LogP contribution in [0.1, 0.15) is 18.1 Å². The lowest BCUT2D eigenvalue weighted by atomic mass is 10.0. The molecule has 1 rings (SSSR count). The van der Waals surface area contributed by atoms with Gasteiger partial charge in [0.15, 0.2) is 0 Å². The van der Waals surface area contributed by atoms with Crippen LogP contribution >= 0.6 is 15.9 Å². The molecule has 0 aliphatic rings. The van der Waals surface area contributed by atoms with Gasteiger partial charge in [0.25, 0.3) is 0 Å². The fourth-order valence-electron chi connectivity index (χ4n) is 1.58. The molecule has 96 valence electrons. The standard InChI is InChI=1S/C15H18BrNO/c1-11-8-9-15(18-4)10-14(11)7-5-6-12(2)17-13(3)16/h5-6,8-10H,3,7H2,1-2,4H3/b6-5+,17-12+. The maximum absolute atomic E-state index is 5.22. The van der Waals surface area contributed by atoms with Crippen LogP contribution in [0.5, 0.6) is 5.75 Å². The Balaban J connectivity index is 2.74. The molecule has 0 unspecified atom stereocenters. The van der Waals surface area contributed by atoms with Gasteiger partial charge >= 0.3 is 0 Å². The summed E-state index contributed by atoms with van der Waals surface area (Å²) in [6, 6.07) is 6.11. The Hall–Kier alpha value is -1.35. The number of allylic oxidation sites excluding steroid dienone is 2. The summed E-state index contributed by atoms with van der Waals surface area (Å²) >= 11 is 3.21. The summed E-state index contributed by atoms with van der Waals surface area (Å²) in [4.78, 5) is 4.19. The van der Waals surface area contributed by atoms with E-state index in [4.69, 9.17) is 4.74 Å². The Bertz CT molecular complexity index is 489. The molecule has 0 saturated carbocycles. The second kappa shape index (κ2) is 7.17. The van der Waals surface area contributed by atoms with Crippen molar-refractivity contribution in [3.63, 3.8) is 0 Å². The predicted molar refractivity (Wildman–Crippen MR) is 81.8 cm³/mol. The van der Waals surface area contributed by atoms with Crippen molar-refractivity contribution >= 4 is 21.6 Å². The van der Waals surface area contributed by atoms with E-state index in [-0.39, 0.29) is 0 Å². The van der Waals surface area contributed by atoms with Crippen molar-refractivity contribution in [3.05, 3.63) is 52.7 Å². The van der Waals surface area contributed by atoms with Crippen LogP contribution in [0.15, 0.2) is 46.5 Å². The molecule has 0 amide bonds. The minimum atomic E-state index is 0.641. The Morgan fingerprint density at radius 3 is 2.83 bits per heavy atom. The SMILES string of the molecule is C=C(Br)/N=C(C)/C=C/Cc1cc(OC)ccc1C. The lowest BCUT2D eigenvalue weighted by Crippen LogP contribution is -1.91. The second-order valence-electron chi connectivity index (χ2n) is 4.03. The molecule has 0 saturated heterocycles. The van der Waals surface area contributed by atoms with E-state index in [2.05, 4.69) is 52.6 Å². The van der Waals surface area contributed by atoms with Gasteiger partial charge in [0.2, 0.25) is 0 Å². The highest BCUT2D eigenvalue weighted by Gasteiger charge is 1.98. The molecule has 0 aliphatic heterocycles. The molecule has 0 aliphatic carbocycles. The Kier molecular flexibility index (Phi) is 5.86. The second-order valence-corrected chi connectivity index (χ2v) is 4.94. The molecule has 1 aromatic rings. The van der Waals surface area contributed by atoms with Gasteiger partial charge in [-0.3, -0.25) is 0 Å². The van der Waals surface area contributed by atoms with E-state index in [9.17, 15) is 0 Å². The van der Waals surface area contributed by atoms with Gasteiger partial charge in [-0.1, -0.05) is 18.7 Å². The minimum Gasteiger partial charge on any atom is -0.497 e. The van der Waals surface area contributed by atoms with E-state index in [1.807, 2.05) is 19.1 Å². The number of methoxy groups -OCH3 is 1. The third kappa shape index (κ3) is 4.88. The number of nitrogens with zero attached hydrogens (tertiary/aromatic N) is 1. The fraction of sp³-hybridized carbons (Fsp3) is 0.267. The Morgan fingerprint density at radius 2 is 2.22 bits per heavy atom. The van der Waals surface area contributed by atoms with Gasteiger partial charge in [0.05, 0.1) is 11.7 Å². The minimum absolute atomic E-state index is 0.641. The first kappa shape index (κ1) is 14.7. The Labute approximate surface area is 117 Å². The average molecular weight is 308 g/mol. The monoisotopic (exact) mass is 307 g/mol. The molecule has 0 bridgehead atoms. The molecule has 0 spiro atoms. The third-order valence-electron chi connectivity index (χ3n) is 2.55. The van der Waals surface area contributed by atoms with Crippen LogP contribution in [-0.2, 0) is 6.42 Å². The lowest BCUT2D eigenvalue weighted by Gasteiger charge is -2.06. The molecular weight excluding hydrogens is 290 g/mol. The van der Waals surface area contributed by atoms with Gasteiger partial charge in [-0.15, -0.1) is 0 Å². The maximum Gasteiger partial charge on any atom is 0.119 e. The highest BCUT2D eigenvalue weighted by Crippen LogP contribution is 2.17. The third-order valence-corrected chi connectivity index (χ3v) is 2.73. The zero-order chi connectivity index (χ0) is 13.5. The molecule has 2 nitrogen and oxygen atoms in total. The summed E-state index contributed by atoms with van der Waals surface area (Å²) in [7, 11) is 1.68. The number of aryl methyl sites for hydroxylation is 1. The lowest BCUT2D eigenvalue weighted by molar-refractivity contribution is 0.414. The van der Waals surface area contributed by atoms with Crippen molar-refractivity contribution in [2.75, 3.05) is 7.11 Å². The first-order chi connectivity index (χ1) is 8.52. The summed E-state index contributed by atoms with van der Waals surface area (Å²) in [5.41, 5.74) is 3.45. The quantitative estimate of drug-likeness (QED) is 0.582. The average Bonchev–Trinajstić information content (AvgIpc) is 2.30. The zero-order valence-electron chi connectivity index (χ0n) is 11.0. The smallest absolute Gasteiger partial charge is 0.119 e. The van der Waals surface area contributed by atoms with Gasteiger partial charge < -0.3 is 4.74 Å². The largest absolute Gasteiger partial charge is 0.497 e. The summed E-state index contributed by atoms with van der Waals surface area (Å²) in [5, 5.41) is 0. The van der Waals surface area contributed by atoms with Crippen LogP contribution < -0.4 is 4.74 Å². The molecule has 0 radical (unpaired) electrons. The summed E-state index contributed by atoms with van der Waals surface area (Å²) < 4.78 is 5.87. The first-order valence-corrected chi connectivity index (χ1v) is 6.52. The normalized spacial score (nSPS) is 11.9. The van der Waals surface area contributed by atoms with Gasteiger partial charge in [-0.2, -0.15) is 0 Å². The highest BCUT2D eigenvalue weighted by atomic mass is 79.9. The van der Waals surface area contributed by atoms with E-state index in [0.717, 1.165) is 17.9 Å². The number of ether oxygens (including phenoxy) is 1. The number of benzene rings is 1. The molecule has 3 heteroatoms. The van der Waals surface area contributed by atoms with Crippen molar-refractivity contribution in [2.24, 2.45) is 4.99 Å². The van der Waals surface area contributed by atoms with Crippen LogP contribution in [0.25, 0.3) is 0 Å². The van der Waals surface area contributed by atoms with Gasteiger partial charge in [-0.25, -0.2) is 4.99 Å². The summed E-state index contributed by atoms with van der Waals surface area (Å²) in [5.74, 6) is 0.892. The van der Waals surface area contributed by atoms with E-state index < -0.39 is 0 Å². The van der Waals surface area contributed by atoms with Crippen molar-refractivity contribution in [3.8, 4) is 5.75 Å². The van der Waals surface area contributed by atoms with Gasteiger partial charge in [0.1, 0.15) is 5.75 Å². The van der Waals surface area contributed by atoms with Crippen LogP contribution in [0, 0.1) is 6.92 Å². The first-order valence-electron chi connectivity index (χ1n) is 5.72. The van der Waals surface area contributed by atoms with E-state index in [1.54, 1.807) is 7.11 Å². The van der Waals surface area contributed by atoms with Crippen LogP contribution in [-0.4, -0.2) is 12.8 Å². The van der Waals surface area contributed by atoms with E-state index in [1.165, 1.54) is 11.1 Å². The van der Waals surface area contributed by atoms with Crippen molar-refractivity contribution in [1.29, 1.82) is 0 Å². The predicted octanol–water partition coefficient (Wildman–Crippen LogP) is 4.43. The number of rotatable bonds is 5. The number of hydrogen-bond acceptors (Lipinski definition) is 2. The van der Waals surface area contributed by atoms with E-state index >= 15 is 0 Å². The maximum atomic E-state index is 5.22. The number of aliphatic imine (C=N–C) groups is 1. The van der Waals surface area contributed by atoms with Crippen LogP contribution in [0.4, 0.5) is 0 Å². The Morgan fingerprint density at radius 1 is 1.50 bits per heavy atom. The topological polar surface area (TPSA) is 21.6 Å². The molecule has 0 fully saturated rings. The highest BCUT2D eigenvalue weighted by molar-refractivity contribution is 9.11. The van der Waals surface area contributed by atoms with E-state index in [0.29, 0.717) is 4.61 Å². The van der Waals surface area contributed by atoms with Crippen molar-refractivity contribution < 1.29 is 4.74 Å². The zero-order valence-corrected chi connectivity index (χ0v) is 12.6. The number of halogens is 1. The molecule has 18 heavy (non-hydrogen) atoms. The molecule has 0 atom stereocenters. The molecule has 0 aromatic heterocycles. The summed E-state index contributed by atoms with van der Waals surface area (Å²) in [6.45, 7) is 7.72. The molecule has 0 heterocycles. The molecule has 1 aromatic carbocycles. The molecule has 0 N–H and O–H groups in total. The van der Waals surface area contributed by atoms with Crippen LogP contribution in [0.3, 0.4) is 0 Å². The van der Waals surface area contributed by atoms with Crippen LogP contribution in [0.2, 0.25) is 0 Å². The van der Waals surface area contributed by atoms with Crippen molar-refractivity contribution in [1.82, 2.24) is 0 Å². The van der Waals surface area contributed by atoms with Crippen molar-refractivity contribution in [2.45, 2.75) is 20.3 Å². The number of hydrogen-bond donors (Lipinski definition) is 0.